The van der Waals surface area contributed by atoms with E-state index in [9.17, 15) is 4.79 Å². The van der Waals surface area contributed by atoms with E-state index in [1.54, 1.807) is 0 Å². The standard InChI is InChI=1S/C14H23ClO/c1-11(15)6-9-14(4)8-5-7-13(2,3)10-12(14)16/h6H,5,7-10H2,1-4H3/b11-6-/t14-/m1/s1. The van der Waals surface area contributed by atoms with E-state index in [-0.39, 0.29) is 10.8 Å². The smallest absolute Gasteiger partial charge is 0.139 e. The molecule has 0 unspecified atom stereocenters. The van der Waals surface area contributed by atoms with Crippen molar-refractivity contribution in [2.45, 2.75) is 59.8 Å². The fourth-order valence-corrected chi connectivity index (χ4v) is 2.49. The molecule has 0 aliphatic heterocycles. The molecule has 1 atom stereocenters. The first-order valence-corrected chi connectivity index (χ1v) is 6.49. The average molecular weight is 243 g/mol. The Labute approximate surface area is 104 Å². The van der Waals surface area contributed by atoms with Crippen LogP contribution in [0.3, 0.4) is 0 Å². The summed E-state index contributed by atoms with van der Waals surface area (Å²) in [6.07, 6.45) is 6.77. The predicted molar refractivity (Wildman–Crippen MR) is 69.6 cm³/mol. The minimum Gasteiger partial charge on any atom is -0.299 e. The number of rotatable bonds is 2. The first kappa shape index (κ1) is 13.8. The molecular formula is C14H23ClO. The van der Waals surface area contributed by atoms with Crippen molar-refractivity contribution >= 4 is 17.4 Å². The lowest BCUT2D eigenvalue weighted by Gasteiger charge is -2.26. The van der Waals surface area contributed by atoms with Crippen LogP contribution in [0.25, 0.3) is 0 Å². The van der Waals surface area contributed by atoms with Crippen LogP contribution in [0.15, 0.2) is 11.1 Å². The largest absolute Gasteiger partial charge is 0.299 e. The fourth-order valence-electron chi connectivity index (χ4n) is 2.41. The van der Waals surface area contributed by atoms with Crippen LogP contribution in [0.5, 0.6) is 0 Å². The predicted octanol–water partition coefficient (Wildman–Crippen LogP) is 4.69. The van der Waals surface area contributed by atoms with Gasteiger partial charge in [0.15, 0.2) is 0 Å². The Kier molecular flexibility index (Phi) is 4.23. The summed E-state index contributed by atoms with van der Waals surface area (Å²) in [5.74, 6) is 0.407. The molecule has 1 nitrogen and oxygen atoms in total. The molecule has 1 aliphatic carbocycles. The first-order valence-electron chi connectivity index (χ1n) is 6.11. The van der Waals surface area contributed by atoms with Crippen LogP contribution in [0.1, 0.15) is 59.8 Å². The van der Waals surface area contributed by atoms with E-state index in [1.165, 1.54) is 0 Å². The molecule has 0 aromatic carbocycles. The van der Waals surface area contributed by atoms with Gasteiger partial charge in [0.25, 0.3) is 0 Å². The van der Waals surface area contributed by atoms with E-state index in [1.807, 2.05) is 13.0 Å². The van der Waals surface area contributed by atoms with Gasteiger partial charge in [-0.05, 0) is 31.6 Å². The summed E-state index contributed by atoms with van der Waals surface area (Å²) < 4.78 is 0. The summed E-state index contributed by atoms with van der Waals surface area (Å²) in [4.78, 5) is 12.3. The minimum atomic E-state index is -0.191. The molecule has 0 radical (unpaired) electrons. The fraction of sp³-hybridized carbons (Fsp3) is 0.786. The second-order valence-electron chi connectivity index (χ2n) is 6.17. The van der Waals surface area contributed by atoms with Crippen molar-refractivity contribution in [1.82, 2.24) is 0 Å². The second kappa shape index (κ2) is 4.91. The molecule has 0 bridgehead atoms. The summed E-state index contributed by atoms with van der Waals surface area (Å²) in [5, 5.41) is 0.789. The SMILES string of the molecule is C/C(Cl)=C/C[C@@]1(C)CCCC(C)(C)CC1=O. The number of hydrogen-bond donors (Lipinski definition) is 0. The molecule has 0 heterocycles. The molecule has 0 amide bonds. The highest BCUT2D eigenvalue weighted by Crippen LogP contribution is 2.42. The van der Waals surface area contributed by atoms with Crippen LogP contribution in [-0.4, -0.2) is 5.78 Å². The molecule has 1 rings (SSSR count). The van der Waals surface area contributed by atoms with E-state index in [4.69, 9.17) is 11.6 Å². The quantitative estimate of drug-likeness (QED) is 0.642. The summed E-state index contributed by atoms with van der Waals surface area (Å²) in [5.41, 5.74) is -0.0154. The van der Waals surface area contributed by atoms with Gasteiger partial charge in [-0.3, -0.25) is 4.79 Å². The van der Waals surface area contributed by atoms with Gasteiger partial charge in [-0.1, -0.05) is 44.9 Å². The summed E-state index contributed by atoms with van der Waals surface area (Å²) >= 11 is 5.85. The van der Waals surface area contributed by atoms with E-state index < -0.39 is 0 Å². The Bertz CT molecular complexity index is 300. The Morgan fingerprint density at radius 3 is 2.56 bits per heavy atom. The maximum atomic E-state index is 12.3. The van der Waals surface area contributed by atoms with Crippen LogP contribution in [0.2, 0.25) is 0 Å². The summed E-state index contributed by atoms with van der Waals surface area (Å²) in [7, 11) is 0. The van der Waals surface area contributed by atoms with E-state index >= 15 is 0 Å². The van der Waals surface area contributed by atoms with Crippen molar-refractivity contribution in [2.24, 2.45) is 10.8 Å². The highest BCUT2D eigenvalue weighted by molar-refractivity contribution is 6.29. The second-order valence-corrected chi connectivity index (χ2v) is 6.77. The zero-order chi connectivity index (χ0) is 12.4. The number of ketones is 1. The van der Waals surface area contributed by atoms with Crippen LogP contribution < -0.4 is 0 Å². The van der Waals surface area contributed by atoms with Gasteiger partial charge in [0.2, 0.25) is 0 Å². The van der Waals surface area contributed by atoms with Crippen molar-refractivity contribution in [1.29, 1.82) is 0 Å². The highest BCUT2D eigenvalue weighted by atomic mass is 35.5. The van der Waals surface area contributed by atoms with Crippen molar-refractivity contribution in [3.8, 4) is 0 Å². The van der Waals surface area contributed by atoms with E-state index in [0.717, 1.165) is 30.7 Å². The van der Waals surface area contributed by atoms with Crippen LogP contribution >= 0.6 is 11.6 Å². The van der Waals surface area contributed by atoms with Crippen LogP contribution in [0.4, 0.5) is 0 Å². The van der Waals surface area contributed by atoms with Crippen LogP contribution in [0, 0.1) is 10.8 Å². The number of allylic oxidation sites excluding steroid dienone is 2. The normalized spacial score (nSPS) is 31.3. The number of Topliss-reactive ketones (excluding diaryl/α,β-unsaturated/α-hetero) is 1. The third-order valence-corrected chi connectivity index (χ3v) is 3.88. The number of halogens is 1. The molecule has 1 saturated carbocycles. The lowest BCUT2D eigenvalue weighted by Crippen LogP contribution is -2.28. The Hall–Kier alpha value is -0.300. The van der Waals surface area contributed by atoms with Gasteiger partial charge in [-0.25, -0.2) is 0 Å². The molecule has 16 heavy (non-hydrogen) atoms. The molecule has 1 fully saturated rings. The Morgan fingerprint density at radius 2 is 2.00 bits per heavy atom. The van der Waals surface area contributed by atoms with Crippen molar-refractivity contribution in [2.75, 3.05) is 0 Å². The van der Waals surface area contributed by atoms with Gasteiger partial charge in [0.05, 0.1) is 0 Å². The third-order valence-electron chi connectivity index (χ3n) is 3.73. The molecule has 0 aromatic heterocycles. The maximum Gasteiger partial charge on any atom is 0.139 e. The lowest BCUT2D eigenvalue weighted by atomic mass is 9.76. The van der Waals surface area contributed by atoms with Crippen LogP contribution in [-0.2, 0) is 4.79 Å². The summed E-state index contributed by atoms with van der Waals surface area (Å²) in [6, 6.07) is 0. The minimum absolute atomic E-state index is 0.175. The molecule has 0 aromatic rings. The average Bonchev–Trinajstić information content (AvgIpc) is 2.22. The Morgan fingerprint density at radius 1 is 1.38 bits per heavy atom. The number of carbonyl (C=O) groups is 1. The monoisotopic (exact) mass is 242 g/mol. The number of carbonyl (C=O) groups excluding carboxylic acids is 1. The van der Waals surface area contributed by atoms with E-state index in [2.05, 4.69) is 20.8 Å². The van der Waals surface area contributed by atoms with Crippen molar-refractivity contribution in [3.63, 3.8) is 0 Å². The lowest BCUT2D eigenvalue weighted by molar-refractivity contribution is -0.129. The molecule has 1 aliphatic rings. The van der Waals surface area contributed by atoms with Gasteiger partial charge in [0.1, 0.15) is 5.78 Å². The summed E-state index contributed by atoms with van der Waals surface area (Å²) in [6.45, 7) is 8.35. The van der Waals surface area contributed by atoms with E-state index in [0.29, 0.717) is 12.2 Å². The van der Waals surface area contributed by atoms with Gasteiger partial charge < -0.3 is 0 Å². The van der Waals surface area contributed by atoms with Crippen molar-refractivity contribution < 1.29 is 4.79 Å². The molecular weight excluding hydrogens is 220 g/mol. The highest BCUT2D eigenvalue weighted by Gasteiger charge is 2.38. The van der Waals surface area contributed by atoms with Gasteiger partial charge in [-0.15, -0.1) is 0 Å². The molecule has 92 valence electrons. The first-order chi connectivity index (χ1) is 7.25. The van der Waals surface area contributed by atoms with Gasteiger partial charge in [-0.2, -0.15) is 0 Å². The van der Waals surface area contributed by atoms with Gasteiger partial charge in [0, 0.05) is 16.9 Å². The molecule has 0 N–H and O–H groups in total. The molecule has 0 spiro atoms. The molecule has 2 heteroatoms. The molecule has 0 saturated heterocycles. The number of hydrogen-bond acceptors (Lipinski definition) is 1. The zero-order valence-corrected chi connectivity index (χ0v) is 11.7. The maximum absolute atomic E-state index is 12.3. The van der Waals surface area contributed by atoms with Crippen molar-refractivity contribution in [3.05, 3.63) is 11.1 Å². The van der Waals surface area contributed by atoms with Gasteiger partial charge >= 0.3 is 0 Å². The Balaban J connectivity index is 2.80. The topological polar surface area (TPSA) is 17.1 Å². The third kappa shape index (κ3) is 3.62. The zero-order valence-electron chi connectivity index (χ0n) is 10.9.